The van der Waals surface area contributed by atoms with Crippen molar-refractivity contribution in [2.45, 2.75) is 13.0 Å². The second-order valence-corrected chi connectivity index (χ2v) is 5.31. The molecule has 22 heavy (non-hydrogen) atoms. The Balaban J connectivity index is 2.62. The van der Waals surface area contributed by atoms with Crippen molar-refractivity contribution in [1.29, 1.82) is 0 Å². The Bertz CT molecular complexity index is 684. The molecule has 1 aliphatic rings. The van der Waals surface area contributed by atoms with Crippen LogP contribution in [0.3, 0.4) is 0 Å². The highest BCUT2D eigenvalue weighted by molar-refractivity contribution is 8.13. The van der Waals surface area contributed by atoms with Gasteiger partial charge in [-0.15, -0.1) is 0 Å². The van der Waals surface area contributed by atoms with E-state index in [1.54, 1.807) is 25.1 Å². The van der Waals surface area contributed by atoms with E-state index in [0.29, 0.717) is 16.4 Å². The number of esters is 1. The normalized spacial score (nSPS) is 17.6. The van der Waals surface area contributed by atoms with E-state index in [1.165, 1.54) is 24.9 Å². The van der Waals surface area contributed by atoms with Gasteiger partial charge < -0.3 is 10.1 Å². The van der Waals surface area contributed by atoms with E-state index in [1.807, 2.05) is 6.26 Å². The molecular formula is C14H15N3O4S. The zero-order valence-corrected chi connectivity index (χ0v) is 13.1. The third kappa shape index (κ3) is 2.96. The van der Waals surface area contributed by atoms with Crippen LogP contribution in [-0.2, 0) is 9.53 Å². The maximum absolute atomic E-state index is 12.1. The molecule has 7 nitrogen and oxygen atoms in total. The van der Waals surface area contributed by atoms with Crippen LogP contribution in [0, 0.1) is 10.1 Å². The number of nitrogens with one attached hydrogen (secondary N) is 1. The number of para-hydroxylation sites is 1. The molecule has 0 bridgehead atoms. The highest BCUT2D eigenvalue weighted by Gasteiger charge is 2.33. The van der Waals surface area contributed by atoms with Crippen LogP contribution < -0.4 is 5.32 Å². The minimum atomic E-state index is -0.766. The zero-order valence-electron chi connectivity index (χ0n) is 12.3. The van der Waals surface area contributed by atoms with Gasteiger partial charge >= 0.3 is 5.97 Å². The topological polar surface area (TPSA) is 93.8 Å². The summed E-state index contributed by atoms with van der Waals surface area (Å²) in [7, 11) is 1.27. The summed E-state index contributed by atoms with van der Waals surface area (Å²) in [5, 5.41) is 14.8. The molecule has 2 rings (SSSR count). The summed E-state index contributed by atoms with van der Waals surface area (Å²) < 4.78 is 4.80. The largest absolute Gasteiger partial charge is 0.466 e. The van der Waals surface area contributed by atoms with Crippen molar-refractivity contribution >= 4 is 28.6 Å². The third-order valence-corrected chi connectivity index (χ3v) is 3.84. The number of nitrogens with zero attached hydrogens (tertiary/aromatic N) is 2. The number of hydrogen-bond donors (Lipinski definition) is 1. The number of rotatable bonds is 3. The summed E-state index contributed by atoms with van der Waals surface area (Å²) in [5.41, 5.74) is 1.14. The van der Waals surface area contributed by atoms with Crippen LogP contribution in [0.1, 0.15) is 18.5 Å². The molecule has 8 heteroatoms. The molecule has 1 aromatic rings. The molecule has 0 saturated carbocycles. The van der Waals surface area contributed by atoms with Crippen LogP contribution in [-0.4, -0.2) is 29.4 Å². The summed E-state index contributed by atoms with van der Waals surface area (Å²) in [6, 6.07) is 5.50. The average molecular weight is 321 g/mol. The highest BCUT2D eigenvalue weighted by Crippen LogP contribution is 2.36. The van der Waals surface area contributed by atoms with Gasteiger partial charge in [0.2, 0.25) is 0 Å². The molecule has 0 saturated heterocycles. The minimum Gasteiger partial charge on any atom is -0.466 e. The molecule has 0 amide bonds. The van der Waals surface area contributed by atoms with Gasteiger partial charge in [0.05, 0.1) is 23.2 Å². The van der Waals surface area contributed by atoms with E-state index in [9.17, 15) is 14.9 Å². The SMILES string of the molecule is COC(=O)C1=C(C)NC(SC)=NC1c1ccccc1[N+](=O)[O-]. The molecule has 1 aromatic carbocycles. The van der Waals surface area contributed by atoms with Crippen LogP contribution in [0.5, 0.6) is 0 Å². The number of nitro benzene ring substituents is 1. The quantitative estimate of drug-likeness (QED) is 0.522. The summed E-state index contributed by atoms with van der Waals surface area (Å²) in [6.07, 6.45) is 1.83. The van der Waals surface area contributed by atoms with Crippen molar-refractivity contribution < 1.29 is 14.5 Å². The van der Waals surface area contributed by atoms with Crippen molar-refractivity contribution in [3.63, 3.8) is 0 Å². The average Bonchev–Trinajstić information content (AvgIpc) is 2.53. The van der Waals surface area contributed by atoms with Gasteiger partial charge in [0.15, 0.2) is 5.17 Å². The molecular weight excluding hydrogens is 306 g/mol. The summed E-state index contributed by atoms with van der Waals surface area (Å²) in [6.45, 7) is 1.72. The van der Waals surface area contributed by atoms with E-state index < -0.39 is 16.9 Å². The van der Waals surface area contributed by atoms with Crippen LogP contribution >= 0.6 is 11.8 Å². The number of aliphatic imine (C=N–C) groups is 1. The number of hydrogen-bond acceptors (Lipinski definition) is 7. The Kier molecular flexibility index (Phi) is 4.81. The van der Waals surface area contributed by atoms with Gasteiger partial charge in [-0.05, 0) is 19.2 Å². The Morgan fingerprint density at radius 3 is 2.73 bits per heavy atom. The second kappa shape index (κ2) is 6.61. The zero-order chi connectivity index (χ0) is 16.3. The lowest BCUT2D eigenvalue weighted by Crippen LogP contribution is -2.30. The number of amidine groups is 1. The van der Waals surface area contributed by atoms with Gasteiger partial charge in [-0.3, -0.25) is 10.1 Å². The van der Waals surface area contributed by atoms with E-state index in [2.05, 4.69) is 10.3 Å². The fraction of sp³-hybridized carbons (Fsp3) is 0.286. The van der Waals surface area contributed by atoms with Gasteiger partial charge in [0.1, 0.15) is 6.04 Å². The molecule has 1 N–H and O–H groups in total. The molecule has 1 atom stereocenters. The van der Waals surface area contributed by atoms with Crippen molar-refractivity contribution in [3.05, 3.63) is 51.2 Å². The van der Waals surface area contributed by atoms with Crippen molar-refractivity contribution in [2.75, 3.05) is 13.4 Å². The maximum Gasteiger partial charge on any atom is 0.338 e. The van der Waals surface area contributed by atoms with Gasteiger partial charge in [0, 0.05) is 11.8 Å². The van der Waals surface area contributed by atoms with Crippen LogP contribution in [0.2, 0.25) is 0 Å². The van der Waals surface area contributed by atoms with Crippen molar-refractivity contribution in [1.82, 2.24) is 5.32 Å². The van der Waals surface area contributed by atoms with Crippen LogP contribution in [0.4, 0.5) is 5.69 Å². The first-order chi connectivity index (χ1) is 10.5. The number of ether oxygens (including phenoxy) is 1. The molecule has 0 radical (unpaired) electrons. The molecule has 0 fully saturated rings. The van der Waals surface area contributed by atoms with Crippen molar-refractivity contribution in [2.24, 2.45) is 4.99 Å². The second-order valence-electron chi connectivity index (χ2n) is 4.51. The molecule has 0 spiro atoms. The fourth-order valence-electron chi connectivity index (χ4n) is 2.24. The van der Waals surface area contributed by atoms with Gasteiger partial charge in [-0.2, -0.15) is 0 Å². The van der Waals surface area contributed by atoms with E-state index in [-0.39, 0.29) is 11.3 Å². The summed E-state index contributed by atoms with van der Waals surface area (Å²) in [4.78, 5) is 27.3. The molecule has 0 aromatic heterocycles. The predicted molar refractivity (Wildman–Crippen MR) is 84.6 cm³/mol. The maximum atomic E-state index is 12.1. The fourth-order valence-corrected chi connectivity index (χ4v) is 2.70. The molecule has 1 aliphatic heterocycles. The number of nitro groups is 1. The standard InChI is InChI=1S/C14H15N3O4S/c1-8-11(13(18)21-2)12(16-14(15-8)22-3)9-6-4-5-7-10(9)17(19)20/h4-7,12H,1-3H3,(H,15,16). The number of carbonyl (C=O) groups excluding carboxylic acids is 1. The van der Waals surface area contributed by atoms with E-state index in [4.69, 9.17) is 4.74 Å². The Labute approximate surface area is 131 Å². The van der Waals surface area contributed by atoms with E-state index >= 15 is 0 Å². The van der Waals surface area contributed by atoms with Crippen LogP contribution in [0.25, 0.3) is 0 Å². The lowest BCUT2D eigenvalue weighted by atomic mass is 9.95. The monoisotopic (exact) mass is 321 g/mol. The molecule has 1 heterocycles. The summed E-state index contributed by atoms with van der Waals surface area (Å²) in [5.74, 6) is -0.558. The van der Waals surface area contributed by atoms with Crippen molar-refractivity contribution in [3.8, 4) is 0 Å². The number of thioether (sulfide) groups is 1. The van der Waals surface area contributed by atoms with E-state index in [0.717, 1.165) is 0 Å². The lowest BCUT2D eigenvalue weighted by Gasteiger charge is -2.24. The third-order valence-electron chi connectivity index (χ3n) is 3.24. The molecule has 1 unspecified atom stereocenters. The first-order valence-corrected chi connectivity index (χ1v) is 7.63. The highest BCUT2D eigenvalue weighted by atomic mass is 32.2. The first kappa shape index (κ1) is 16.0. The Morgan fingerprint density at radius 1 is 1.45 bits per heavy atom. The van der Waals surface area contributed by atoms with Gasteiger partial charge in [0.25, 0.3) is 5.69 Å². The molecule has 0 aliphatic carbocycles. The smallest absolute Gasteiger partial charge is 0.338 e. The molecule has 116 valence electrons. The minimum absolute atomic E-state index is 0.0761. The number of allylic oxidation sites excluding steroid dienone is 1. The Morgan fingerprint density at radius 2 is 2.14 bits per heavy atom. The number of carbonyl (C=O) groups is 1. The Hall–Kier alpha value is -2.35. The number of benzene rings is 1. The lowest BCUT2D eigenvalue weighted by molar-refractivity contribution is -0.385. The number of methoxy groups -OCH3 is 1. The van der Waals surface area contributed by atoms with Gasteiger partial charge in [-0.25, -0.2) is 9.79 Å². The van der Waals surface area contributed by atoms with Crippen LogP contribution in [0.15, 0.2) is 40.5 Å². The van der Waals surface area contributed by atoms with Gasteiger partial charge in [-0.1, -0.05) is 23.9 Å². The summed E-state index contributed by atoms with van der Waals surface area (Å²) >= 11 is 1.37. The predicted octanol–water partition coefficient (Wildman–Crippen LogP) is 2.41. The first-order valence-electron chi connectivity index (χ1n) is 6.40.